The lowest BCUT2D eigenvalue weighted by Gasteiger charge is -2.18. The summed E-state index contributed by atoms with van der Waals surface area (Å²) in [6.07, 6.45) is -4.33. The number of carbonyl (C=O) groups is 2. The van der Waals surface area contributed by atoms with Gasteiger partial charge in [-0.25, -0.2) is 4.39 Å². The lowest BCUT2D eigenvalue weighted by molar-refractivity contribution is -0.137. The molecule has 1 saturated heterocycles. The minimum Gasteiger partial charge on any atom is -0.338 e. The van der Waals surface area contributed by atoms with Gasteiger partial charge in [0.2, 0.25) is 5.91 Å². The smallest absolute Gasteiger partial charge is 0.338 e. The Morgan fingerprint density at radius 2 is 2.09 bits per heavy atom. The van der Waals surface area contributed by atoms with Gasteiger partial charge in [-0.2, -0.15) is 13.2 Å². The normalized spacial score (nSPS) is 18.6. The van der Waals surface area contributed by atoms with Gasteiger partial charge in [-0.05, 0) is 24.1 Å². The van der Waals surface area contributed by atoms with E-state index in [2.05, 4.69) is 0 Å². The Balaban J connectivity index is 2.07. The van der Waals surface area contributed by atoms with Crippen LogP contribution < -0.4 is 0 Å². The van der Waals surface area contributed by atoms with E-state index in [-0.39, 0.29) is 35.5 Å². The van der Waals surface area contributed by atoms with Crippen LogP contribution in [0.3, 0.4) is 0 Å². The Labute approximate surface area is 135 Å². The number of alkyl halides is 3. The van der Waals surface area contributed by atoms with Crippen LogP contribution in [0.1, 0.15) is 24.5 Å². The van der Waals surface area contributed by atoms with Crippen molar-refractivity contribution >= 4 is 22.8 Å². The molecule has 0 saturated carbocycles. The van der Waals surface area contributed by atoms with E-state index in [0.717, 1.165) is 23.9 Å². The molecule has 1 heterocycles. The second-order valence-electron chi connectivity index (χ2n) is 5.45. The van der Waals surface area contributed by atoms with Gasteiger partial charge in [-0.15, -0.1) is 0 Å². The topological polar surface area (TPSA) is 37.4 Å². The summed E-state index contributed by atoms with van der Waals surface area (Å²) in [7, 11) is 0. The monoisotopic (exact) mass is 349 g/mol. The number of carbonyl (C=O) groups excluding carboxylic acids is 2. The Hall–Kier alpha value is -1.57. The van der Waals surface area contributed by atoms with E-state index < -0.39 is 17.6 Å². The first-order valence-corrected chi connectivity index (χ1v) is 7.92. The van der Waals surface area contributed by atoms with Gasteiger partial charge in [0.1, 0.15) is 5.82 Å². The molecule has 0 aliphatic carbocycles. The summed E-state index contributed by atoms with van der Waals surface area (Å²) in [6, 6.07) is 2.18. The van der Waals surface area contributed by atoms with Crippen LogP contribution in [-0.2, 0) is 22.3 Å². The molecule has 1 aliphatic heterocycles. The van der Waals surface area contributed by atoms with Crippen LogP contribution in [0.5, 0.6) is 0 Å². The molecule has 2 rings (SSSR count). The number of rotatable bonds is 4. The van der Waals surface area contributed by atoms with Crippen LogP contribution in [0.2, 0.25) is 0 Å². The molecule has 1 amide bonds. The molecule has 0 N–H and O–H groups in total. The third kappa shape index (κ3) is 4.70. The van der Waals surface area contributed by atoms with Crippen molar-refractivity contribution in [1.82, 2.24) is 4.90 Å². The number of benzene rings is 1. The summed E-state index contributed by atoms with van der Waals surface area (Å²) in [4.78, 5) is 24.2. The lowest BCUT2D eigenvalue weighted by Crippen LogP contribution is -2.25. The van der Waals surface area contributed by atoms with Crippen LogP contribution in [0.4, 0.5) is 17.6 Å². The van der Waals surface area contributed by atoms with E-state index in [9.17, 15) is 27.2 Å². The zero-order chi connectivity index (χ0) is 17.2. The summed E-state index contributed by atoms with van der Waals surface area (Å²) in [5.74, 6) is -0.587. The Kier molecular flexibility index (Phi) is 5.33. The van der Waals surface area contributed by atoms with E-state index in [0.29, 0.717) is 18.4 Å². The van der Waals surface area contributed by atoms with Crippen molar-refractivity contribution in [1.29, 1.82) is 0 Å². The highest BCUT2D eigenvalue weighted by molar-refractivity contribution is 8.13. The molecule has 23 heavy (non-hydrogen) atoms. The van der Waals surface area contributed by atoms with Gasteiger partial charge in [-0.3, -0.25) is 9.59 Å². The Bertz CT molecular complexity index is 618. The minimum absolute atomic E-state index is 0.0507. The largest absolute Gasteiger partial charge is 0.416 e. The molecule has 1 aliphatic rings. The highest BCUT2D eigenvalue weighted by atomic mass is 32.2. The molecule has 1 unspecified atom stereocenters. The number of hydrogen-bond donors (Lipinski definition) is 0. The van der Waals surface area contributed by atoms with Crippen LogP contribution in [-0.4, -0.2) is 28.2 Å². The molecule has 8 heteroatoms. The molecule has 0 aromatic heterocycles. The fraction of sp³-hybridized carbons (Fsp3) is 0.467. The van der Waals surface area contributed by atoms with Crippen molar-refractivity contribution < 1.29 is 27.2 Å². The van der Waals surface area contributed by atoms with Gasteiger partial charge in [0.05, 0.1) is 5.56 Å². The highest BCUT2D eigenvalue weighted by Gasteiger charge is 2.33. The van der Waals surface area contributed by atoms with Gasteiger partial charge in [-0.1, -0.05) is 11.8 Å². The van der Waals surface area contributed by atoms with Crippen molar-refractivity contribution in [2.45, 2.75) is 26.1 Å². The first-order valence-electron chi connectivity index (χ1n) is 6.93. The average Bonchev–Trinajstić information content (AvgIpc) is 2.78. The molecular formula is C15H15F4NO2S. The maximum absolute atomic E-state index is 13.7. The first kappa shape index (κ1) is 17.8. The second kappa shape index (κ2) is 6.90. The molecule has 0 spiro atoms. The second-order valence-corrected chi connectivity index (χ2v) is 6.65. The van der Waals surface area contributed by atoms with Crippen LogP contribution >= 0.6 is 11.8 Å². The molecular weight excluding hydrogens is 334 g/mol. The maximum Gasteiger partial charge on any atom is 0.416 e. The zero-order valence-electron chi connectivity index (χ0n) is 12.3. The standard InChI is InChI=1S/C15H15F4NO2S/c1-9(21)23-8-10-4-14(22)20(6-10)7-11-5-12(15(17,18)19)2-3-13(11)16/h2-3,5,10H,4,6-8H2,1H3. The third-order valence-electron chi connectivity index (χ3n) is 3.55. The fourth-order valence-corrected chi connectivity index (χ4v) is 3.13. The minimum atomic E-state index is -4.56. The van der Waals surface area contributed by atoms with E-state index in [1.54, 1.807) is 0 Å². The molecule has 1 atom stereocenters. The highest BCUT2D eigenvalue weighted by Crippen LogP contribution is 2.31. The molecule has 1 aromatic carbocycles. The molecule has 1 aromatic rings. The SMILES string of the molecule is CC(=O)SCC1CC(=O)N(Cc2cc(C(F)(F)F)ccc2F)C1. The number of thioether (sulfide) groups is 1. The van der Waals surface area contributed by atoms with E-state index >= 15 is 0 Å². The van der Waals surface area contributed by atoms with Crippen molar-refractivity contribution in [3.63, 3.8) is 0 Å². The predicted molar refractivity (Wildman–Crippen MR) is 78.1 cm³/mol. The third-order valence-corrected chi connectivity index (χ3v) is 4.60. The Morgan fingerprint density at radius 3 is 2.70 bits per heavy atom. The number of amides is 1. The molecule has 1 fully saturated rings. The molecule has 0 radical (unpaired) electrons. The number of nitrogens with zero attached hydrogens (tertiary/aromatic N) is 1. The predicted octanol–water partition coefficient (Wildman–Crippen LogP) is 3.47. The van der Waals surface area contributed by atoms with E-state index in [4.69, 9.17) is 0 Å². The summed E-state index contributed by atoms with van der Waals surface area (Å²) in [6.45, 7) is 1.54. The number of halogens is 4. The van der Waals surface area contributed by atoms with Gasteiger partial charge in [0.25, 0.3) is 0 Å². The van der Waals surface area contributed by atoms with Gasteiger partial charge >= 0.3 is 6.18 Å². The maximum atomic E-state index is 13.7. The van der Waals surface area contributed by atoms with Crippen molar-refractivity contribution in [2.24, 2.45) is 5.92 Å². The van der Waals surface area contributed by atoms with E-state index in [1.165, 1.54) is 11.8 Å². The van der Waals surface area contributed by atoms with Crippen molar-refractivity contribution in [2.75, 3.05) is 12.3 Å². The lowest BCUT2D eigenvalue weighted by atomic mass is 10.1. The molecule has 0 bridgehead atoms. The molecule has 3 nitrogen and oxygen atoms in total. The van der Waals surface area contributed by atoms with Gasteiger partial charge in [0, 0.05) is 37.8 Å². The van der Waals surface area contributed by atoms with Crippen LogP contribution in [0, 0.1) is 11.7 Å². The summed E-state index contributed by atoms with van der Waals surface area (Å²) in [5, 5.41) is -0.0557. The van der Waals surface area contributed by atoms with Gasteiger partial charge in [0.15, 0.2) is 5.12 Å². The van der Waals surface area contributed by atoms with Crippen molar-refractivity contribution in [3.8, 4) is 0 Å². The first-order chi connectivity index (χ1) is 10.7. The fourth-order valence-electron chi connectivity index (χ4n) is 2.43. The van der Waals surface area contributed by atoms with Crippen LogP contribution in [0.25, 0.3) is 0 Å². The zero-order valence-corrected chi connectivity index (χ0v) is 13.1. The van der Waals surface area contributed by atoms with Gasteiger partial charge < -0.3 is 4.90 Å². The van der Waals surface area contributed by atoms with E-state index in [1.807, 2.05) is 0 Å². The summed E-state index contributed by atoms with van der Waals surface area (Å²) in [5.41, 5.74) is -1.10. The van der Waals surface area contributed by atoms with Crippen LogP contribution in [0.15, 0.2) is 18.2 Å². The quantitative estimate of drug-likeness (QED) is 0.781. The average molecular weight is 349 g/mol. The number of likely N-dealkylation sites (tertiary alicyclic amines) is 1. The summed E-state index contributed by atoms with van der Waals surface area (Å²) >= 11 is 1.11. The molecule has 126 valence electrons. The number of hydrogen-bond acceptors (Lipinski definition) is 3. The van der Waals surface area contributed by atoms with Crippen molar-refractivity contribution in [3.05, 3.63) is 35.1 Å². The summed E-state index contributed by atoms with van der Waals surface area (Å²) < 4.78 is 51.8. The Morgan fingerprint density at radius 1 is 1.39 bits per heavy atom.